The number of rotatable bonds is 8. The highest BCUT2D eigenvalue weighted by molar-refractivity contribution is 5.85. The van der Waals surface area contributed by atoms with Gasteiger partial charge in [0.1, 0.15) is 5.75 Å². The molecule has 1 aliphatic rings. The summed E-state index contributed by atoms with van der Waals surface area (Å²) < 4.78 is 10.7. The highest BCUT2D eigenvalue weighted by Gasteiger charge is 2.21. The molecule has 0 bridgehead atoms. The minimum Gasteiger partial charge on any atom is -0.497 e. The average Bonchev–Trinajstić information content (AvgIpc) is 2.73. The van der Waals surface area contributed by atoms with E-state index in [1.807, 2.05) is 35.2 Å². The van der Waals surface area contributed by atoms with Gasteiger partial charge in [0.15, 0.2) is 0 Å². The fourth-order valence-electron chi connectivity index (χ4n) is 3.24. The largest absolute Gasteiger partial charge is 0.497 e. The Labute approximate surface area is 173 Å². The highest BCUT2D eigenvalue weighted by Crippen LogP contribution is 2.14. The molecule has 6 heteroatoms. The van der Waals surface area contributed by atoms with Crippen LogP contribution in [-0.4, -0.2) is 50.3 Å². The Morgan fingerprint density at radius 3 is 2.54 bits per heavy atom. The Balaban J connectivity index is 0.00000280. The number of methoxy groups -OCH3 is 1. The molecule has 0 aliphatic carbocycles. The van der Waals surface area contributed by atoms with Crippen molar-refractivity contribution in [3.05, 3.63) is 65.7 Å². The number of carbonyl (C=O) groups is 1. The van der Waals surface area contributed by atoms with E-state index < -0.39 is 0 Å². The molecule has 152 valence electrons. The third-order valence-corrected chi connectivity index (χ3v) is 4.82. The van der Waals surface area contributed by atoms with Crippen LogP contribution in [0.3, 0.4) is 0 Å². The molecule has 1 N–H and O–H groups in total. The molecule has 1 atom stereocenters. The molecule has 0 radical (unpaired) electrons. The van der Waals surface area contributed by atoms with Crippen LogP contribution in [0.25, 0.3) is 0 Å². The van der Waals surface area contributed by atoms with Gasteiger partial charge in [0.05, 0.1) is 20.3 Å². The van der Waals surface area contributed by atoms with Crippen molar-refractivity contribution in [3.8, 4) is 5.75 Å². The van der Waals surface area contributed by atoms with E-state index in [0.717, 1.165) is 30.9 Å². The van der Waals surface area contributed by atoms with Crippen LogP contribution in [-0.2, 0) is 22.5 Å². The smallest absolute Gasteiger partial charge is 0.224 e. The summed E-state index contributed by atoms with van der Waals surface area (Å²) in [6.45, 7) is 3.44. The van der Waals surface area contributed by atoms with Crippen molar-refractivity contribution in [1.82, 2.24) is 10.2 Å². The predicted molar refractivity (Wildman–Crippen MR) is 113 cm³/mol. The van der Waals surface area contributed by atoms with Crippen molar-refractivity contribution in [2.75, 3.05) is 33.4 Å². The molecule has 1 aliphatic heterocycles. The number of benzene rings is 2. The number of nitrogens with one attached hydrogen (secondary N) is 1. The van der Waals surface area contributed by atoms with E-state index in [2.05, 4.69) is 29.6 Å². The molecule has 0 spiro atoms. The van der Waals surface area contributed by atoms with Crippen LogP contribution >= 0.6 is 12.4 Å². The fourth-order valence-corrected chi connectivity index (χ4v) is 3.24. The monoisotopic (exact) mass is 404 g/mol. The molecular formula is C22H29ClN2O3. The summed E-state index contributed by atoms with van der Waals surface area (Å²) in [5, 5.41) is 3.37. The number of carbonyl (C=O) groups excluding carboxylic acids is 1. The van der Waals surface area contributed by atoms with Gasteiger partial charge in [0, 0.05) is 32.1 Å². The van der Waals surface area contributed by atoms with Gasteiger partial charge in [-0.2, -0.15) is 0 Å². The normalized spacial score (nSPS) is 16.1. The molecule has 1 unspecified atom stereocenters. The van der Waals surface area contributed by atoms with Crippen molar-refractivity contribution in [2.45, 2.75) is 25.4 Å². The molecule has 2 aromatic carbocycles. The van der Waals surface area contributed by atoms with E-state index in [0.29, 0.717) is 26.1 Å². The quantitative estimate of drug-likeness (QED) is 0.734. The molecule has 1 heterocycles. The third kappa shape index (κ3) is 6.82. The fraction of sp³-hybridized carbons (Fsp3) is 0.409. The number of amides is 1. The summed E-state index contributed by atoms with van der Waals surface area (Å²) in [6, 6.07) is 18.3. The Morgan fingerprint density at radius 2 is 1.89 bits per heavy atom. The van der Waals surface area contributed by atoms with Crippen molar-refractivity contribution in [1.29, 1.82) is 0 Å². The first kappa shape index (κ1) is 22.2. The summed E-state index contributed by atoms with van der Waals surface area (Å²) in [5.74, 6) is 1.01. The van der Waals surface area contributed by atoms with E-state index in [1.165, 1.54) is 5.56 Å². The van der Waals surface area contributed by atoms with Gasteiger partial charge in [-0.05, 0) is 29.7 Å². The molecule has 1 amide bonds. The first-order chi connectivity index (χ1) is 13.2. The second kappa shape index (κ2) is 11.7. The standard InChI is InChI=1S/C22H28N2O3.ClH/c1-26-21-9-7-18(8-10-21)11-13-24(16-19-5-3-2-4-6-19)22(25)15-20-17-27-14-12-23-20;/h2-10,20,23H,11-17H2,1H3;1H. The van der Waals surface area contributed by atoms with E-state index in [1.54, 1.807) is 7.11 Å². The molecule has 1 saturated heterocycles. The van der Waals surface area contributed by atoms with Crippen LogP contribution in [0.4, 0.5) is 0 Å². The molecular weight excluding hydrogens is 376 g/mol. The van der Waals surface area contributed by atoms with Gasteiger partial charge >= 0.3 is 0 Å². The third-order valence-electron chi connectivity index (χ3n) is 4.82. The van der Waals surface area contributed by atoms with Crippen LogP contribution in [0.2, 0.25) is 0 Å². The van der Waals surface area contributed by atoms with E-state index in [9.17, 15) is 4.79 Å². The minimum absolute atomic E-state index is 0. The lowest BCUT2D eigenvalue weighted by Crippen LogP contribution is -2.45. The maximum Gasteiger partial charge on any atom is 0.224 e. The first-order valence-electron chi connectivity index (χ1n) is 9.50. The summed E-state index contributed by atoms with van der Waals surface area (Å²) in [4.78, 5) is 14.9. The average molecular weight is 405 g/mol. The Morgan fingerprint density at radius 1 is 1.14 bits per heavy atom. The molecule has 1 fully saturated rings. The zero-order valence-corrected chi connectivity index (χ0v) is 17.1. The van der Waals surface area contributed by atoms with Crippen molar-refractivity contribution < 1.29 is 14.3 Å². The van der Waals surface area contributed by atoms with Crippen LogP contribution in [0, 0.1) is 0 Å². The Hall–Kier alpha value is -2.08. The summed E-state index contributed by atoms with van der Waals surface area (Å²) in [5.41, 5.74) is 2.34. The lowest BCUT2D eigenvalue weighted by Gasteiger charge is -2.28. The maximum absolute atomic E-state index is 12.9. The van der Waals surface area contributed by atoms with Gasteiger partial charge in [-0.3, -0.25) is 4.79 Å². The summed E-state index contributed by atoms with van der Waals surface area (Å²) in [6.07, 6.45) is 1.28. The predicted octanol–water partition coefficient (Wildman–Crippen LogP) is 3.07. The van der Waals surface area contributed by atoms with Crippen molar-refractivity contribution >= 4 is 18.3 Å². The zero-order valence-electron chi connectivity index (χ0n) is 16.3. The molecule has 5 nitrogen and oxygen atoms in total. The van der Waals surface area contributed by atoms with E-state index in [4.69, 9.17) is 9.47 Å². The lowest BCUT2D eigenvalue weighted by atomic mass is 10.1. The SMILES string of the molecule is COc1ccc(CCN(Cc2ccccc2)C(=O)CC2COCCN2)cc1.Cl. The Kier molecular flexibility index (Phi) is 9.28. The number of hydrogen-bond donors (Lipinski definition) is 1. The molecule has 2 aromatic rings. The van der Waals surface area contributed by atoms with Gasteiger partial charge in [-0.25, -0.2) is 0 Å². The highest BCUT2D eigenvalue weighted by atomic mass is 35.5. The first-order valence-corrected chi connectivity index (χ1v) is 9.50. The molecule has 28 heavy (non-hydrogen) atoms. The topological polar surface area (TPSA) is 50.8 Å². The number of morpholine rings is 1. The van der Waals surface area contributed by atoms with Crippen molar-refractivity contribution in [3.63, 3.8) is 0 Å². The molecule has 3 rings (SSSR count). The maximum atomic E-state index is 12.9. The second-order valence-corrected chi connectivity index (χ2v) is 6.83. The van der Waals surface area contributed by atoms with Gasteiger partial charge in [-0.1, -0.05) is 42.5 Å². The number of halogens is 1. The lowest BCUT2D eigenvalue weighted by molar-refractivity contribution is -0.133. The van der Waals surface area contributed by atoms with E-state index >= 15 is 0 Å². The van der Waals surface area contributed by atoms with Crippen LogP contribution in [0.1, 0.15) is 17.5 Å². The minimum atomic E-state index is 0. The Bertz CT molecular complexity index is 703. The van der Waals surface area contributed by atoms with Gasteiger partial charge in [0.25, 0.3) is 0 Å². The second-order valence-electron chi connectivity index (χ2n) is 6.83. The molecule has 0 saturated carbocycles. The number of ether oxygens (including phenoxy) is 2. The summed E-state index contributed by atoms with van der Waals surface area (Å²) >= 11 is 0. The number of nitrogens with zero attached hydrogens (tertiary/aromatic N) is 1. The van der Waals surface area contributed by atoms with Crippen molar-refractivity contribution in [2.24, 2.45) is 0 Å². The van der Waals surface area contributed by atoms with Crippen LogP contribution < -0.4 is 10.1 Å². The van der Waals surface area contributed by atoms with Gasteiger partial charge in [0.2, 0.25) is 5.91 Å². The van der Waals surface area contributed by atoms with E-state index in [-0.39, 0.29) is 24.4 Å². The number of hydrogen-bond acceptors (Lipinski definition) is 4. The van der Waals surface area contributed by atoms with Crippen LogP contribution in [0.15, 0.2) is 54.6 Å². The van der Waals surface area contributed by atoms with Gasteiger partial charge in [-0.15, -0.1) is 12.4 Å². The van der Waals surface area contributed by atoms with Crippen LogP contribution in [0.5, 0.6) is 5.75 Å². The van der Waals surface area contributed by atoms with Gasteiger partial charge < -0.3 is 19.7 Å². The molecule has 0 aromatic heterocycles. The zero-order chi connectivity index (χ0) is 18.9. The summed E-state index contributed by atoms with van der Waals surface area (Å²) in [7, 11) is 1.66.